The Morgan fingerprint density at radius 3 is 2.27 bits per heavy atom. The molecule has 1 aromatic heterocycles. The summed E-state index contributed by atoms with van der Waals surface area (Å²) >= 11 is 0. The average Bonchev–Trinajstić information content (AvgIpc) is 3.10. The first-order chi connectivity index (χ1) is 16.0. The number of benzene rings is 2. The molecule has 1 saturated heterocycles. The Labute approximate surface area is 191 Å². The fourth-order valence-corrected chi connectivity index (χ4v) is 3.84. The minimum atomic E-state index is -0.780. The van der Waals surface area contributed by atoms with E-state index in [0.717, 1.165) is 5.56 Å². The Morgan fingerprint density at radius 2 is 1.64 bits per heavy atom. The molecule has 1 aliphatic heterocycles. The number of hydrogen-bond donors (Lipinski definition) is 1. The van der Waals surface area contributed by atoms with Crippen LogP contribution >= 0.6 is 0 Å². The summed E-state index contributed by atoms with van der Waals surface area (Å²) in [5.41, 5.74) is 2.26. The number of ether oxygens (including phenoxy) is 1. The largest absolute Gasteiger partial charge is 0.507 e. The third-order valence-electron chi connectivity index (χ3n) is 5.43. The molecule has 4 rings (SSSR count). The van der Waals surface area contributed by atoms with Crippen LogP contribution in [0.2, 0.25) is 0 Å². The van der Waals surface area contributed by atoms with E-state index in [0.29, 0.717) is 16.7 Å². The molecule has 1 atom stereocenters. The third kappa shape index (κ3) is 4.39. The second-order valence-electron chi connectivity index (χ2n) is 7.49. The summed E-state index contributed by atoms with van der Waals surface area (Å²) in [5, 5.41) is 11.0. The Kier molecular flexibility index (Phi) is 6.31. The van der Waals surface area contributed by atoms with Crippen molar-refractivity contribution in [3.8, 4) is 0 Å². The van der Waals surface area contributed by atoms with Crippen molar-refractivity contribution in [2.24, 2.45) is 0 Å². The summed E-state index contributed by atoms with van der Waals surface area (Å²) in [6.07, 6.45) is 3.15. The van der Waals surface area contributed by atoms with E-state index in [1.54, 1.807) is 86.0 Å². The van der Waals surface area contributed by atoms with Gasteiger partial charge in [0.1, 0.15) is 5.76 Å². The maximum absolute atomic E-state index is 13.0. The highest BCUT2D eigenvalue weighted by atomic mass is 16.5. The van der Waals surface area contributed by atoms with Crippen molar-refractivity contribution >= 4 is 23.4 Å². The third-order valence-corrected chi connectivity index (χ3v) is 5.43. The fraction of sp³-hybridized carbons (Fsp3) is 0.154. The number of likely N-dealkylation sites (tertiary alicyclic amines) is 1. The zero-order chi connectivity index (χ0) is 23.4. The number of hydrogen-bond acceptors (Lipinski definition) is 6. The van der Waals surface area contributed by atoms with Crippen LogP contribution in [-0.4, -0.2) is 39.3 Å². The molecule has 2 heterocycles. The predicted octanol–water partition coefficient (Wildman–Crippen LogP) is 3.88. The van der Waals surface area contributed by atoms with Crippen LogP contribution in [0.5, 0.6) is 0 Å². The van der Waals surface area contributed by atoms with Gasteiger partial charge in [-0.25, -0.2) is 4.79 Å². The van der Waals surface area contributed by atoms with Crippen LogP contribution in [-0.2, 0) is 20.9 Å². The van der Waals surface area contributed by atoms with Crippen LogP contribution in [0.15, 0.2) is 84.7 Å². The van der Waals surface area contributed by atoms with Gasteiger partial charge in [0.05, 0.1) is 23.8 Å². The van der Waals surface area contributed by atoms with Gasteiger partial charge in [-0.3, -0.25) is 14.6 Å². The van der Waals surface area contributed by atoms with Gasteiger partial charge in [0.15, 0.2) is 0 Å². The van der Waals surface area contributed by atoms with Crippen molar-refractivity contribution in [1.82, 2.24) is 9.88 Å². The van der Waals surface area contributed by atoms with Crippen LogP contribution in [0.3, 0.4) is 0 Å². The van der Waals surface area contributed by atoms with E-state index in [9.17, 15) is 19.5 Å². The molecule has 0 saturated carbocycles. The normalized spacial score (nSPS) is 17.2. The maximum atomic E-state index is 13.0. The number of aromatic nitrogens is 1. The van der Waals surface area contributed by atoms with Crippen LogP contribution in [0, 0.1) is 0 Å². The lowest BCUT2D eigenvalue weighted by Gasteiger charge is -2.25. The lowest BCUT2D eigenvalue weighted by molar-refractivity contribution is -0.140. The molecule has 0 aliphatic carbocycles. The minimum Gasteiger partial charge on any atom is -0.507 e. The highest BCUT2D eigenvalue weighted by molar-refractivity contribution is 6.46. The molecule has 1 aliphatic rings. The van der Waals surface area contributed by atoms with Gasteiger partial charge in [-0.1, -0.05) is 42.5 Å². The molecule has 3 aromatic rings. The quantitative estimate of drug-likeness (QED) is 0.269. The zero-order valence-electron chi connectivity index (χ0n) is 18.0. The topological polar surface area (TPSA) is 96.8 Å². The summed E-state index contributed by atoms with van der Waals surface area (Å²) in [6.45, 7) is 2.13. The Bertz CT molecular complexity index is 1200. The van der Waals surface area contributed by atoms with E-state index in [-0.39, 0.29) is 24.5 Å². The number of ketones is 1. The van der Waals surface area contributed by atoms with Crippen molar-refractivity contribution in [2.45, 2.75) is 19.5 Å². The maximum Gasteiger partial charge on any atom is 0.338 e. The lowest BCUT2D eigenvalue weighted by atomic mass is 9.96. The van der Waals surface area contributed by atoms with Crippen molar-refractivity contribution < 1.29 is 24.2 Å². The van der Waals surface area contributed by atoms with E-state index in [1.165, 1.54) is 4.90 Å². The number of aliphatic hydroxyl groups is 1. The zero-order valence-corrected chi connectivity index (χ0v) is 18.0. The van der Waals surface area contributed by atoms with Crippen molar-refractivity contribution in [2.75, 3.05) is 6.61 Å². The standard InChI is InChI=1S/C26H22N2O5/c1-2-33-26(32)20-10-8-17(9-11-20)16-28-22(18-12-14-27-15-13-18)21(24(30)25(28)31)23(29)19-6-4-3-5-7-19/h3-15,22,29H,2,16H2,1H3/b23-21+. The number of aliphatic hydroxyl groups excluding tert-OH is 1. The number of Topliss-reactive ketones (excluding diaryl/α,β-unsaturated/α-hetero) is 1. The lowest BCUT2D eigenvalue weighted by Crippen LogP contribution is -2.29. The average molecular weight is 442 g/mol. The molecule has 7 nitrogen and oxygen atoms in total. The first kappa shape index (κ1) is 22.0. The van der Waals surface area contributed by atoms with Gasteiger partial charge >= 0.3 is 5.97 Å². The van der Waals surface area contributed by atoms with Gasteiger partial charge in [0, 0.05) is 24.5 Å². The summed E-state index contributed by atoms with van der Waals surface area (Å²) in [5.74, 6) is -2.11. The molecule has 1 fully saturated rings. The summed E-state index contributed by atoms with van der Waals surface area (Å²) in [7, 11) is 0. The van der Waals surface area contributed by atoms with Crippen LogP contribution in [0.4, 0.5) is 0 Å². The van der Waals surface area contributed by atoms with Gasteiger partial charge in [0.2, 0.25) is 0 Å². The van der Waals surface area contributed by atoms with Gasteiger partial charge in [-0.15, -0.1) is 0 Å². The van der Waals surface area contributed by atoms with Gasteiger partial charge in [-0.2, -0.15) is 0 Å². The summed E-state index contributed by atoms with van der Waals surface area (Å²) < 4.78 is 5.00. The van der Waals surface area contributed by atoms with Gasteiger partial charge in [-0.05, 0) is 42.3 Å². The van der Waals surface area contributed by atoms with E-state index >= 15 is 0 Å². The Hall–Kier alpha value is -4.26. The SMILES string of the molecule is CCOC(=O)c1ccc(CN2C(=O)C(=O)/C(=C(/O)c3ccccc3)C2c2ccncc2)cc1. The van der Waals surface area contributed by atoms with Crippen molar-refractivity contribution in [1.29, 1.82) is 0 Å². The highest BCUT2D eigenvalue weighted by Gasteiger charge is 2.46. The first-order valence-corrected chi connectivity index (χ1v) is 10.5. The Morgan fingerprint density at radius 1 is 0.970 bits per heavy atom. The number of carbonyl (C=O) groups is 3. The van der Waals surface area contributed by atoms with E-state index in [2.05, 4.69) is 4.98 Å². The first-order valence-electron chi connectivity index (χ1n) is 10.5. The summed E-state index contributed by atoms with van der Waals surface area (Å²) in [4.78, 5) is 43.4. The van der Waals surface area contributed by atoms with Crippen LogP contribution in [0.1, 0.15) is 40.0 Å². The Balaban J connectivity index is 1.73. The number of esters is 1. The fourth-order valence-electron chi connectivity index (χ4n) is 3.84. The number of pyridine rings is 1. The second kappa shape index (κ2) is 9.48. The number of nitrogens with zero attached hydrogens (tertiary/aromatic N) is 2. The highest BCUT2D eigenvalue weighted by Crippen LogP contribution is 2.40. The molecular formula is C26H22N2O5. The number of carbonyl (C=O) groups excluding carboxylic acids is 3. The molecule has 0 spiro atoms. The molecule has 2 aromatic carbocycles. The smallest absolute Gasteiger partial charge is 0.338 e. The van der Waals surface area contributed by atoms with Gasteiger partial charge < -0.3 is 14.7 Å². The molecule has 33 heavy (non-hydrogen) atoms. The molecule has 1 unspecified atom stereocenters. The number of amides is 1. The molecule has 166 valence electrons. The molecular weight excluding hydrogens is 420 g/mol. The van der Waals surface area contributed by atoms with Gasteiger partial charge in [0.25, 0.3) is 11.7 Å². The monoisotopic (exact) mass is 442 g/mol. The number of rotatable bonds is 6. The van der Waals surface area contributed by atoms with E-state index in [1.807, 2.05) is 0 Å². The van der Waals surface area contributed by atoms with E-state index in [4.69, 9.17) is 4.74 Å². The molecule has 1 amide bonds. The summed E-state index contributed by atoms with van der Waals surface area (Å²) in [6, 6.07) is 18.0. The minimum absolute atomic E-state index is 0.0283. The van der Waals surface area contributed by atoms with Crippen molar-refractivity contribution in [3.05, 3.63) is 107 Å². The molecule has 0 radical (unpaired) electrons. The van der Waals surface area contributed by atoms with E-state index < -0.39 is 23.7 Å². The van der Waals surface area contributed by atoms with Crippen LogP contribution < -0.4 is 0 Å². The second-order valence-corrected chi connectivity index (χ2v) is 7.49. The molecule has 1 N–H and O–H groups in total. The van der Waals surface area contributed by atoms with Crippen LogP contribution in [0.25, 0.3) is 5.76 Å². The predicted molar refractivity (Wildman–Crippen MR) is 121 cm³/mol. The molecule has 7 heteroatoms. The van der Waals surface area contributed by atoms with Crippen molar-refractivity contribution in [3.63, 3.8) is 0 Å². The molecule has 0 bridgehead atoms.